The predicted molar refractivity (Wildman–Crippen MR) is 62.5 cm³/mol. The molecule has 0 spiro atoms. The third kappa shape index (κ3) is 1.33. The van der Waals surface area contributed by atoms with Gasteiger partial charge in [0.1, 0.15) is 5.52 Å². The molecule has 0 radical (unpaired) electrons. The van der Waals surface area contributed by atoms with Gasteiger partial charge in [0.25, 0.3) is 0 Å². The van der Waals surface area contributed by atoms with Crippen molar-refractivity contribution in [3.05, 3.63) is 16.7 Å². The maximum Gasteiger partial charge on any atom is 0.202 e. The number of nitrogens with zero attached hydrogens (tertiary/aromatic N) is 3. The van der Waals surface area contributed by atoms with Gasteiger partial charge < -0.3 is 5.73 Å². The van der Waals surface area contributed by atoms with Crippen molar-refractivity contribution in [1.82, 2.24) is 14.5 Å². The van der Waals surface area contributed by atoms with Crippen LogP contribution >= 0.6 is 15.9 Å². The molecule has 2 heterocycles. The number of anilines is 1. The molecule has 15 heavy (non-hydrogen) atoms. The van der Waals surface area contributed by atoms with Crippen LogP contribution in [0.25, 0.3) is 11.2 Å². The molecule has 3 rings (SSSR count). The highest BCUT2D eigenvalue weighted by atomic mass is 79.9. The van der Waals surface area contributed by atoms with Gasteiger partial charge >= 0.3 is 0 Å². The van der Waals surface area contributed by atoms with Crippen molar-refractivity contribution in [1.29, 1.82) is 0 Å². The SMILES string of the molecule is Nc1nc2cc(Br)cnc2n1C1CCC1. The first-order valence-electron chi connectivity index (χ1n) is 5.04. The van der Waals surface area contributed by atoms with E-state index in [1.165, 1.54) is 19.3 Å². The summed E-state index contributed by atoms with van der Waals surface area (Å²) in [5.74, 6) is 0.584. The summed E-state index contributed by atoms with van der Waals surface area (Å²) in [6.45, 7) is 0. The minimum absolute atomic E-state index is 0.503. The van der Waals surface area contributed by atoms with Gasteiger partial charge in [-0.25, -0.2) is 9.97 Å². The van der Waals surface area contributed by atoms with Crippen molar-refractivity contribution in [2.45, 2.75) is 25.3 Å². The van der Waals surface area contributed by atoms with E-state index in [-0.39, 0.29) is 0 Å². The monoisotopic (exact) mass is 266 g/mol. The molecule has 1 aliphatic rings. The molecule has 2 N–H and O–H groups in total. The number of nitrogen functional groups attached to an aromatic ring is 1. The summed E-state index contributed by atoms with van der Waals surface area (Å²) in [6, 6.07) is 2.46. The molecule has 0 aromatic carbocycles. The number of imidazole rings is 1. The molecule has 0 atom stereocenters. The van der Waals surface area contributed by atoms with Crippen LogP contribution in [0.3, 0.4) is 0 Å². The van der Waals surface area contributed by atoms with Crippen LogP contribution in [0, 0.1) is 0 Å². The summed E-state index contributed by atoms with van der Waals surface area (Å²) in [7, 11) is 0. The maximum absolute atomic E-state index is 5.91. The molecule has 0 unspecified atom stereocenters. The number of fused-ring (bicyclic) bond motifs is 1. The topological polar surface area (TPSA) is 56.7 Å². The zero-order chi connectivity index (χ0) is 10.4. The molecule has 0 aliphatic heterocycles. The third-order valence-electron chi connectivity index (χ3n) is 2.96. The quantitative estimate of drug-likeness (QED) is 0.863. The smallest absolute Gasteiger partial charge is 0.202 e. The molecule has 1 saturated carbocycles. The standard InChI is InChI=1S/C10H11BrN4/c11-6-4-8-9(13-5-6)15(10(12)14-8)7-2-1-3-7/h4-5,7H,1-3H2,(H2,12,14). The van der Waals surface area contributed by atoms with Gasteiger partial charge in [0.2, 0.25) is 5.95 Å². The van der Waals surface area contributed by atoms with Gasteiger partial charge in [0.05, 0.1) is 0 Å². The van der Waals surface area contributed by atoms with Crippen molar-refractivity contribution in [2.75, 3.05) is 5.73 Å². The molecule has 78 valence electrons. The lowest BCUT2D eigenvalue weighted by Crippen LogP contribution is -2.18. The number of pyridine rings is 1. The van der Waals surface area contributed by atoms with Crippen LogP contribution < -0.4 is 5.73 Å². The first kappa shape index (κ1) is 9.15. The lowest BCUT2D eigenvalue weighted by molar-refractivity contribution is 0.323. The number of aromatic nitrogens is 3. The molecule has 0 bridgehead atoms. The van der Waals surface area contributed by atoms with Crippen molar-refractivity contribution in [3.8, 4) is 0 Å². The highest BCUT2D eigenvalue weighted by Gasteiger charge is 2.24. The largest absolute Gasteiger partial charge is 0.369 e. The number of hydrogen-bond acceptors (Lipinski definition) is 3. The molecule has 0 saturated heterocycles. The summed E-state index contributed by atoms with van der Waals surface area (Å²) < 4.78 is 3.00. The van der Waals surface area contributed by atoms with E-state index in [2.05, 4.69) is 30.5 Å². The minimum Gasteiger partial charge on any atom is -0.369 e. The second kappa shape index (κ2) is 3.20. The molecule has 1 fully saturated rings. The van der Waals surface area contributed by atoms with Gasteiger partial charge in [-0.15, -0.1) is 0 Å². The van der Waals surface area contributed by atoms with Gasteiger partial charge in [-0.2, -0.15) is 0 Å². The van der Waals surface area contributed by atoms with Crippen molar-refractivity contribution >= 4 is 33.0 Å². The Balaban J connectivity index is 2.23. The second-order valence-electron chi connectivity index (χ2n) is 3.92. The van der Waals surface area contributed by atoms with E-state index in [4.69, 9.17) is 5.73 Å². The zero-order valence-corrected chi connectivity index (χ0v) is 9.74. The molecule has 4 nitrogen and oxygen atoms in total. The third-order valence-corrected chi connectivity index (χ3v) is 3.40. The molecule has 2 aromatic heterocycles. The first-order valence-corrected chi connectivity index (χ1v) is 5.84. The number of rotatable bonds is 1. The maximum atomic E-state index is 5.91. The van der Waals surface area contributed by atoms with Crippen LogP contribution in [-0.2, 0) is 0 Å². The predicted octanol–water partition coefficient (Wildman–Crippen LogP) is 2.50. The number of hydrogen-bond donors (Lipinski definition) is 1. The van der Waals surface area contributed by atoms with E-state index in [1.807, 2.05) is 6.07 Å². The van der Waals surface area contributed by atoms with Crippen molar-refractivity contribution in [2.24, 2.45) is 0 Å². The Bertz CT molecular complexity index is 515. The van der Waals surface area contributed by atoms with Crippen molar-refractivity contribution in [3.63, 3.8) is 0 Å². The second-order valence-corrected chi connectivity index (χ2v) is 4.84. The molecule has 2 aromatic rings. The Labute approximate surface area is 95.6 Å². The van der Waals surface area contributed by atoms with Crippen LogP contribution in [-0.4, -0.2) is 14.5 Å². The zero-order valence-electron chi connectivity index (χ0n) is 8.15. The molecular weight excluding hydrogens is 256 g/mol. The summed E-state index contributed by atoms with van der Waals surface area (Å²) in [5, 5.41) is 0. The fourth-order valence-corrected chi connectivity index (χ4v) is 2.30. The summed E-state index contributed by atoms with van der Waals surface area (Å²) in [4.78, 5) is 8.70. The lowest BCUT2D eigenvalue weighted by Gasteiger charge is -2.27. The van der Waals surface area contributed by atoms with Gasteiger partial charge in [0, 0.05) is 16.7 Å². The summed E-state index contributed by atoms with van der Waals surface area (Å²) in [5.41, 5.74) is 7.68. The van der Waals surface area contributed by atoms with E-state index in [9.17, 15) is 0 Å². The van der Waals surface area contributed by atoms with E-state index >= 15 is 0 Å². The molecule has 1 aliphatic carbocycles. The van der Waals surface area contributed by atoms with E-state index < -0.39 is 0 Å². The first-order chi connectivity index (χ1) is 7.25. The van der Waals surface area contributed by atoms with Gasteiger partial charge in [-0.1, -0.05) is 0 Å². The van der Waals surface area contributed by atoms with Crippen LogP contribution in [0.2, 0.25) is 0 Å². The Hall–Kier alpha value is -1.10. The fraction of sp³-hybridized carbons (Fsp3) is 0.400. The van der Waals surface area contributed by atoms with E-state index in [0.717, 1.165) is 15.6 Å². The Kier molecular flexibility index (Phi) is 1.95. The van der Waals surface area contributed by atoms with Gasteiger partial charge in [-0.05, 0) is 41.3 Å². The Morgan fingerprint density at radius 1 is 1.47 bits per heavy atom. The van der Waals surface area contributed by atoms with E-state index in [0.29, 0.717) is 12.0 Å². The summed E-state index contributed by atoms with van der Waals surface area (Å²) in [6.07, 6.45) is 5.44. The normalized spacial score (nSPS) is 16.9. The van der Waals surface area contributed by atoms with Gasteiger partial charge in [0.15, 0.2) is 5.65 Å². The van der Waals surface area contributed by atoms with E-state index in [1.54, 1.807) is 6.20 Å². The molecule has 0 amide bonds. The molecule has 5 heteroatoms. The highest BCUT2D eigenvalue weighted by Crippen LogP contribution is 2.35. The lowest BCUT2D eigenvalue weighted by atomic mass is 9.93. The Morgan fingerprint density at radius 2 is 2.27 bits per heavy atom. The van der Waals surface area contributed by atoms with Crippen LogP contribution in [0.5, 0.6) is 0 Å². The minimum atomic E-state index is 0.503. The number of halogens is 1. The van der Waals surface area contributed by atoms with Gasteiger partial charge in [-0.3, -0.25) is 4.57 Å². The number of nitrogens with two attached hydrogens (primary N) is 1. The van der Waals surface area contributed by atoms with Crippen LogP contribution in [0.4, 0.5) is 5.95 Å². The Morgan fingerprint density at radius 3 is 2.93 bits per heavy atom. The molecular formula is C10H11BrN4. The van der Waals surface area contributed by atoms with Crippen LogP contribution in [0.1, 0.15) is 25.3 Å². The average molecular weight is 267 g/mol. The van der Waals surface area contributed by atoms with Crippen LogP contribution in [0.15, 0.2) is 16.7 Å². The fourth-order valence-electron chi connectivity index (χ4n) is 1.98. The van der Waals surface area contributed by atoms with Crippen molar-refractivity contribution < 1.29 is 0 Å². The summed E-state index contributed by atoms with van der Waals surface area (Å²) >= 11 is 3.38. The average Bonchev–Trinajstić information content (AvgIpc) is 2.40. The highest BCUT2D eigenvalue weighted by molar-refractivity contribution is 9.10.